The van der Waals surface area contributed by atoms with Gasteiger partial charge in [0.05, 0.1) is 0 Å². The fourth-order valence-corrected chi connectivity index (χ4v) is 2.58. The van der Waals surface area contributed by atoms with Crippen LogP contribution in [0.15, 0.2) is 0 Å². The summed E-state index contributed by atoms with van der Waals surface area (Å²) < 4.78 is 0. The van der Waals surface area contributed by atoms with Crippen LogP contribution in [-0.2, 0) is 0 Å². The van der Waals surface area contributed by atoms with E-state index in [2.05, 4.69) is 18.7 Å². The monoisotopic (exact) mass is 212 g/mol. The third-order valence-corrected chi connectivity index (χ3v) is 3.66. The Labute approximate surface area is 95.2 Å². The van der Waals surface area contributed by atoms with Gasteiger partial charge >= 0.3 is 0 Å². The molecule has 1 aliphatic carbocycles. The second-order valence-electron chi connectivity index (χ2n) is 5.20. The van der Waals surface area contributed by atoms with Crippen molar-refractivity contribution in [1.29, 1.82) is 0 Å². The SMILES string of the molecule is CCN(CC(C)CN)CC1CCCCC1. The minimum atomic E-state index is 0.647. The Balaban J connectivity index is 2.25. The lowest BCUT2D eigenvalue weighted by Crippen LogP contribution is -2.35. The summed E-state index contributed by atoms with van der Waals surface area (Å²) in [5, 5.41) is 0. The molecule has 15 heavy (non-hydrogen) atoms. The van der Waals surface area contributed by atoms with Gasteiger partial charge in [-0.05, 0) is 37.8 Å². The average Bonchev–Trinajstić information content (AvgIpc) is 2.29. The Morgan fingerprint density at radius 2 is 1.93 bits per heavy atom. The first-order valence-corrected chi connectivity index (χ1v) is 6.68. The van der Waals surface area contributed by atoms with Gasteiger partial charge in [-0.2, -0.15) is 0 Å². The number of rotatable bonds is 6. The van der Waals surface area contributed by atoms with Gasteiger partial charge in [0.2, 0.25) is 0 Å². The Hall–Kier alpha value is -0.0800. The maximum Gasteiger partial charge on any atom is 0.00191 e. The summed E-state index contributed by atoms with van der Waals surface area (Å²) >= 11 is 0. The van der Waals surface area contributed by atoms with Crippen molar-refractivity contribution in [2.45, 2.75) is 46.0 Å². The van der Waals surface area contributed by atoms with Crippen molar-refractivity contribution in [2.24, 2.45) is 17.6 Å². The zero-order valence-electron chi connectivity index (χ0n) is 10.5. The van der Waals surface area contributed by atoms with E-state index in [4.69, 9.17) is 5.73 Å². The van der Waals surface area contributed by atoms with E-state index in [9.17, 15) is 0 Å². The van der Waals surface area contributed by atoms with E-state index in [-0.39, 0.29) is 0 Å². The maximum absolute atomic E-state index is 5.68. The zero-order valence-corrected chi connectivity index (χ0v) is 10.5. The van der Waals surface area contributed by atoms with Gasteiger partial charge in [-0.3, -0.25) is 0 Å². The first-order chi connectivity index (χ1) is 7.26. The highest BCUT2D eigenvalue weighted by molar-refractivity contribution is 4.71. The van der Waals surface area contributed by atoms with Crippen molar-refractivity contribution in [3.63, 3.8) is 0 Å². The molecule has 1 aliphatic rings. The second-order valence-corrected chi connectivity index (χ2v) is 5.20. The summed E-state index contributed by atoms with van der Waals surface area (Å²) in [6.07, 6.45) is 7.27. The molecule has 2 heteroatoms. The summed E-state index contributed by atoms with van der Waals surface area (Å²) in [4.78, 5) is 2.59. The van der Waals surface area contributed by atoms with Crippen LogP contribution in [0.2, 0.25) is 0 Å². The zero-order chi connectivity index (χ0) is 11.1. The lowest BCUT2D eigenvalue weighted by Gasteiger charge is -2.30. The van der Waals surface area contributed by atoms with Gasteiger partial charge in [-0.15, -0.1) is 0 Å². The quantitative estimate of drug-likeness (QED) is 0.733. The predicted molar refractivity (Wildman–Crippen MR) is 66.9 cm³/mol. The summed E-state index contributed by atoms with van der Waals surface area (Å²) in [6, 6.07) is 0. The molecule has 2 nitrogen and oxygen atoms in total. The number of hydrogen-bond donors (Lipinski definition) is 1. The molecular weight excluding hydrogens is 184 g/mol. The molecule has 0 amide bonds. The highest BCUT2D eigenvalue weighted by Gasteiger charge is 2.17. The molecule has 0 aromatic carbocycles. The molecule has 0 aromatic heterocycles. The fraction of sp³-hybridized carbons (Fsp3) is 1.00. The van der Waals surface area contributed by atoms with Crippen LogP contribution in [0.5, 0.6) is 0 Å². The Morgan fingerprint density at radius 1 is 1.27 bits per heavy atom. The van der Waals surface area contributed by atoms with Gasteiger partial charge in [-0.25, -0.2) is 0 Å². The van der Waals surface area contributed by atoms with Crippen molar-refractivity contribution >= 4 is 0 Å². The molecule has 1 saturated carbocycles. The molecule has 0 saturated heterocycles. The third kappa shape index (κ3) is 4.98. The van der Waals surface area contributed by atoms with Crippen LogP contribution < -0.4 is 5.73 Å². The maximum atomic E-state index is 5.68. The molecule has 0 spiro atoms. The van der Waals surface area contributed by atoms with Crippen LogP contribution in [0.3, 0.4) is 0 Å². The third-order valence-electron chi connectivity index (χ3n) is 3.66. The van der Waals surface area contributed by atoms with Crippen molar-refractivity contribution in [3.05, 3.63) is 0 Å². The molecule has 90 valence electrons. The van der Waals surface area contributed by atoms with E-state index in [1.165, 1.54) is 51.7 Å². The van der Waals surface area contributed by atoms with E-state index in [1.54, 1.807) is 0 Å². The topological polar surface area (TPSA) is 29.3 Å². The minimum absolute atomic E-state index is 0.647. The lowest BCUT2D eigenvalue weighted by molar-refractivity contribution is 0.189. The standard InChI is InChI=1S/C13H28N2/c1-3-15(10-12(2)9-14)11-13-7-5-4-6-8-13/h12-13H,3-11,14H2,1-2H3. The van der Waals surface area contributed by atoms with Gasteiger partial charge < -0.3 is 10.6 Å². The molecule has 1 fully saturated rings. The summed E-state index contributed by atoms with van der Waals surface area (Å²) in [6.45, 7) is 9.02. The molecule has 0 aromatic rings. The summed E-state index contributed by atoms with van der Waals surface area (Å²) in [7, 11) is 0. The van der Waals surface area contributed by atoms with E-state index in [0.717, 1.165) is 12.5 Å². The second kappa shape index (κ2) is 7.24. The molecule has 0 aliphatic heterocycles. The number of nitrogens with two attached hydrogens (primary N) is 1. The van der Waals surface area contributed by atoms with Gasteiger partial charge in [0.25, 0.3) is 0 Å². The van der Waals surface area contributed by atoms with Gasteiger partial charge in [-0.1, -0.05) is 33.1 Å². The Bertz CT molecular complexity index is 153. The molecule has 1 unspecified atom stereocenters. The molecule has 1 rings (SSSR count). The largest absolute Gasteiger partial charge is 0.330 e. The first-order valence-electron chi connectivity index (χ1n) is 6.68. The van der Waals surface area contributed by atoms with Crippen LogP contribution in [0.4, 0.5) is 0 Å². The van der Waals surface area contributed by atoms with Gasteiger partial charge in [0.15, 0.2) is 0 Å². The van der Waals surface area contributed by atoms with Crippen LogP contribution in [0, 0.1) is 11.8 Å². The first kappa shape index (κ1) is 13.0. The highest BCUT2D eigenvalue weighted by atomic mass is 15.1. The highest BCUT2D eigenvalue weighted by Crippen LogP contribution is 2.24. The smallest absolute Gasteiger partial charge is 0.00191 e. The molecule has 0 radical (unpaired) electrons. The van der Waals surface area contributed by atoms with Gasteiger partial charge in [0.1, 0.15) is 0 Å². The average molecular weight is 212 g/mol. The number of nitrogens with zero attached hydrogens (tertiary/aromatic N) is 1. The van der Waals surface area contributed by atoms with Crippen molar-refractivity contribution in [1.82, 2.24) is 4.90 Å². The summed E-state index contributed by atoms with van der Waals surface area (Å²) in [5.41, 5.74) is 5.68. The van der Waals surface area contributed by atoms with E-state index < -0.39 is 0 Å². The van der Waals surface area contributed by atoms with Gasteiger partial charge in [0, 0.05) is 13.1 Å². The fourth-order valence-electron chi connectivity index (χ4n) is 2.58. The van der Waals surface area contributed by atoms with E-state index >= 15 is 0 Å². The van der Waals surface area contributed by atoms with Crippen molar-refractivity contribution in [3.8, 4) is 0 Å². The molecule has 2 N–H and O–H groups in total. The summed E-state index contributed by atoms with van der Waals surface area (Å²) in [5.74, 6) is 1.61. The van der Waals surface area contributed by atoms with E-state index in [1.807, 2.05) is 0 Å². The Kier molecular flexibility index (Phi) is 6.26. The van der Waals surface area contributed by atoms with Crippen LogP contribution in [0.1, 0.15) is 46.0 Å². The van der Waals surface area contributed by atoms with Crippen LogP contribution in [-0.4, -0.2) is 31.1 Å². The van der Waals surface area contributed by atoms with E-state index in [0.29, 0.717) is 5.92 Å². The van der Waals surface area contributed by atoms with Crippen molar-refractivity contribution in [2.75, 3.05) is 26.2 Å². The van der Waals surface area contributed by atoms with Crippen LogP contribution >= 0.6 is 0 Å². The minimum Gasteiger partial charge on any atom is -0.330 e. The molecule has 0 heterocycles. The predicted octanol–water partition coefficient (Wildman–Crippen LogP) is 2.48. The normalized spacial score (nSPS) is 20.8. The molecular formula is C13H28N2. The van der Waals surface area contributed by atoms with Crippen molar-refractivity contribution < 1.29 is 0 Å². The Morgan fingerprint density at radius 3 is 2.47 bits per heavy atom. The number of hydrogen-bond acceptors (Lipinski definition) is 2. The molecule has 0 bridgehead atoms. The van der Waals surface area contributed by atoms with Crippen LogP contribution in [0.25, 0.3) is 0 Å². The lowest BCUT2D eigenvalue weighted by atomic mass is 9.89. The molecule has 1 atom stereocenters.